The lowest BCUT2D eigenvalue weighted by Gasteiger charge is -2.02. The van der Waals surface area contributed by atoms with Gasteiger partial charge in [-0.15, -0.1) is 0 Å². The van der Waals surface area contributed by atoms with E-state index in [0.717, 1.165) is 0 Å². The van der Waals surface area contributed by atoms with Crippen LogP contribution in [0.4, 0.5) is 0 Å². The standard InChI is InChI=1S/C9H9BrClNO/c10-8-5-7(11)4-6(9(8)13)2-1-3-12/h1-2,4-5,13H,3,12H2/b2-1+. The van der Waals surface area contributed by atoms with Crippen LogP contribution in [0, 0.1) is 0 Å². The van der Waals surface area contributed by atoms with Crippen molar-refractivity contribution in [2.75, 3.05) is 6.54 Å². The first-order valence-electron chi connectivity index (χ1n) is 3.69. The van der Waals surface area contributed by atoms with Crippen LogP contribution in [0.5, 0.6) is 5.75 Å². The molecule has 0 aliphatic carbocycles. The summed E-state index contributed by atoms with van der Waals surface area (Å²) in [6, 6.07) is 3.31. The monoisotopic (exact) mass is 261 g/mol. The molecule has 0 atom stereocenters. The van der Waals surface area contributed by atoms with Crippen molar-refractivity contribution in [2.45, 2.75) is 0 Å². The molecule has 0 heterocycles. The average Bonchev–Trinajstić information content (AvgIpc) is 2.09. The first-order chi connectivity index (χ1) is 6.15. The van der Waals surface area contributed by atoms with Crippen molar-refractivity contribution in [3.63, 3.8) is 0 Å². The van der Waals surface area contributed by atoms with Crippen LogP contribution >= 0.6 is 27.5 Å². The molecule has 0 aromatic heterocycles. The van der Waals surface area contributed by atoms with Gasteiger partial charge in [-0.3, -0.25) is 0 Å². The zero-order chi connectivity index (χ0) is 9.84. The summed E-state index contributed by atoms with van der Waals surface area (Å²) in [4.78, 5) is 0. The lowest BCUT2D eigenvalue weighted by atomic mass is 10.2. The minimum absolute atomic E-state index is 0.175. The van der Waals surface area contributed by atoms with E-state index in [1.165, 1.54) is 0 Å². The number of hydrogen-bond donors (Lipinski definition) is 2. The van der Waals surface area contributed by atoms with Crippen LogP contribution in [0.15, 0.2) is 22.7 Å². The molecule has 3 N–H and O–H groups in total. The highest BCUT2D eigenvalue weighted by atomic mass is 79.9. The van der Waals surface area contributed by atoms with Crippen molar-refractivity contribution in [3.8, 4) is 5.75 Å². The van der Waals surface area contributed by atoms with Crippen LogP contribution in [0.2, 0.25) is 5.02 Å². The molecule has 0 spiro atoms. The number of rotatable bonds is 2. The van der Waals surface area contributed by atoms with Gasteiger partial charge in [-0.05, 0) is 28.1 Å². The lowest BCUT2D eigenvalue weighted by Crippen LogP contribution is -1.92. The molecule has 4 heteroatoms. The molecule has 1 aromatic rings. The van der Waals surface area contributed by atoms with E-state index in [2.05, 4.69) is 15.9 Å². The molecule has 0 radical (unpaired) electrons. The fourth-order valence-corrected chi connectivity index (χ4v) is 1.74. The molecule has 0 saturated carbocycles. The SMILES string of the molecule is NC/C=C/c1cc(Cl)cc(Br)c1O. The normalized spacial score (nSPS) is 11.0. The van der Waals surface area contributed by atoms with Crippen LogP contribution in [0.1, 0.15) is 5.56 Å². The van der Waals surface area contributed by atoms with E-state index in [-0.39, 0.29) is 5.75 Å². The summed E-state index contributed by atoms with van der Waals surface area (Å²) < 4.78 is 0.580. The highest BCUT2D eigenvalue weighted by Gasteiger charge is 2.03. The van der Waals surface area contributed by atoms with Gasteiger partial charge in [0.05, 0.1) is 4.47 Å². The zero-order valence-corrected chi connectivity index (χ0v) is 9.14. The molecule has 0 saturated heterocycles. The smallest absolute Gasteiger partial charge is 0.137 e. The lowest BCUT2D eigenvalue weighted by molar-refractivity contribution is 0.470. The first-order valence-corrected chi connectivity index (χ1v) is 4.87. The van der Waals surface area contributed by atoms with Crippen LogP contribution in [-0.2, 0) is 0 Å². The number of benzene rings is 1. The highest BCUT2D eigenvalue weighted by molar-refractivity contribution is 9.10. The first kappa shape index (κ1) is 10.6. The van der Waals surface area contributed by atoms with Crippen LogP contribution in [-0.4, -0.2) is 11.7 Å². The second-order valence-electron chi connectivity index (χ2n) is 2.46. The fourth-order valence-electron chi connectivity index (χ4n) is 0.908. The molecule has 70 valence electrons. The molecule has 0 aliphatic heterocycles. The quantitative estimate of drug-likeness (QED) is 0.861. The van der Waals surface area contributed by atoms with Gasteiger partial charge >= 0.3 is 0 Å². The molecular weight excluding hydrogens is 253 g/mol. The van der Waals surface area contributed by atoms with E-state index in [9.17, 15) is 5.11 Å². The maximum absolute atomic E-state index is 9.55. The Labute approximate surface area is 90.1 Å². The summed E-state index contributed by atoms with van der Waals surface area (Å²) in [5.74, 6) is 0.175. The zero-order valence-electron chi connectivity index (χ0n) is 6.80. The Hall–Kier alpha value is -0.510. The van der Waals surface area contributed by atoms with Crippen LogP contribution < -0.4 is 5.73 Å². The number of phenolic OH excluding ortho intramolecular Hbond substituents is 1. The number of hydrogen-bond acceptors (Lipinski definition) is 2. The van der Waals surface area contributed by atoms with Crippen LogP contribution in [0.3, 0.4) is 0 Å². The number of aromatic hydroxyl groups is 1. The van der Waals surface area contributed by atoms with Crippen molar-refractivity contribution in [2.24, 2.45) is 5.73 Å². The molecule has 0 unspecified atom stereocenters. The second kappa shape index (κ2) is 4.65. The van der Waals surface area contributed by atoms with Gasteiger partial charge in [-0.1, -0.05) is 23.8 Å². The minimum atomic E-state index is 0.175. The Bertz CT molecular complexity index is 339. The molecule has 1 aromatic carbocycles. The van der Waals surface area contributed by atoms with Crippen LogP contribution in [0.25, 0.3) is 6.08 Å². The average molecular weight is 263 g/mol. The molecule has 0 bridgehead atoms. The van der Waals surface area contributed by atoms with Gasteiger partial charge in [0.2, 0.25) is 0 Å². The van der Waals surface area contributed by atoms with Crippen molar-refractivity contribution >= 4 is 33.6 Å². The van der Waals surface area contributed by atoms with E-state index in [4.69, 9.17) is 17.3 Å². The summed E-state index contributed by atoms with van der Waals surface area (Å²) in [5.41, 5.74) is 5.95. The summed E-state index contributed by atoms with van der Waals surface area (Å²) >= 11 is 8.98. The Morgan fingerprint density at radius 2 is 2.23 bits per heavy atom. The van der Waals surface area contributed by atoms with Gasteiger partial charge in [0, 0.05) is 17.1 Å². The topological polar surface area (TPSA) is 46.2 Å². The molecule has 0 amide bonds. The molecule has 2 nitrogen and oxygen atoms in total. The van der Waals surface area contributed by atoms with Gasteiger partial charge in [0.15, 0.2) is 0 Å². The van der Waals surface area contributed by atoms with Crippen molar-refractivity contribution in [1.82, 2.24) is 0 Å². The maximum atomic E-state index is 9.55. The van der Waals surface area contributed by atoms with E-state index >= 15 is 0 Å². The summed E-state index contributed by atoms with van der Waals surface area (Å²) in [5, 5.41) is 10.1. The van der Waals surface area contributed by atoms with Gasteiger partial charge in [-0.2, -0.15) is 0 Å². The fraction of sp³-hybridized carbons (Fsp3) is 0.111. The van der Waals surface area contributed by atoms with Crippen molar-refractivity contribution in [1.29, 1.82) is 0 Å². The molecular formula is C9H9BrClNO. The molecule has 0 fully saturated rings. The van der Waals surface area contributed by atoms with Gasteiger partial charge in [-0.25, -0.2) is 0 Å². The second-order valence-corrected chi connectivity index (χ2v) is 3.75. The van der Waals surface area contributed by atoms with Crippen molar-refractivity contribution in [3.05, 3.63) is 33.3 Å². The summed E-state index contributed by atoms with van der Waals surface area (Å²) in [7, 11) is 0. The predicted octanol–water partition coefficient (Wildman–Crippen LogP) is 2.78. The molecule has 0 aliphatic rings. The highest BCUT2D eigenvalue weighted by Crippen LogP contribution is 2.32. The Morgan fingerprint density at radius 3 is 2.85 bits per heavy atom. The predicted molar refractivity (Wildman–Crippen MR) is 58.9 cm³/mol. The summed E-state index contributed by atoms with van der Waals surface area (Å²) in [6.07, 6.45) is 3.48. The van der Waals surface area contributed by atoms with E-state index < -0.39 is 0 Å². The van der Waals surface area contributed by atoms with Crippen molar-refractivity contribution < 1.29 is 5.11 Å². The number of phenols is 1. The van der Waals surface area contributed by atoms with E-state index in [0.29, 0.717) is 21.6 Å². The Balaban J connectivity index is 3.12. The Morgan fingerprint density at radius 1 is 1.54 bits per heavy atom. The summed E-state index contributed by atoms with van der Waals surface area (Å²) in [6.45, 7) is 0.434. The minimum Gasteiger partial charge on any atom is -0.506 e. The largest absolute Gasteiger partial charge is 0.506 e. The van der Waals surface area contributed by atoms with Gasteiger partial charge in [0.1, 0.15) is 5.75 Å². The maximum Gasteiger partial charge on any atom is 0.137 e. The Kier molecular flexibility index (Phi) is 3.78. The number of halogens is 2. The molecule has 13 heavy (non-hydrogen) atoms. The third-order valence-corrected chi connectivity index (χ3v) is 2.31. The molecule has 1 rings (SSSR count). The third kappa shape index (κ3) is 2.72. The third-order valence-electron chi connectivity index (χ3n) is 1.49. The van der Waals surface area contributed by atoms with Gasteiger partial charge < -0.3 is 10.8 Å². The van der Waals surface area contributed by atoms with E-state index in [1.807, 2.05) is 0 Å². The van der Waals surface area contributed by atoms with Gasteiger partial charge in [0.25, 0.3) is 0 Å². The number of nitrogens with two attached hydrogens (primary N) is 1. The van der Waals surface area contributed by atoms with E-state index in [1.54, 1.807) is 24.3 Å².